The molecule has 1 fully saturated rings. The molecule has 0 bridgehead atoms. The predicted octanol–water partition coefficient (Wildman–Crippen LogP) is 0.343. The summed E-state index contributed by atoms with van der Waals surface area (Å²) in [6, 6.07) is 1.21. The highest BCUT2D eigenvalue weighted by Gasteiger charge is 2.29. The van der Waals surface area contributed by atoms with E-state index in [1.165, 1.54) is 24.7 Å². The van der Waals surface area contributed by atoms with Gasteiger partial charge in [-0.25, -0.2) is 4.79 Å². The third kappa shape index (κ3) is 3.77. The average molecular weight is 337 g/mol. The predicted molar refractivity (Wildman–Crippen MR) is 91.0 cm³/mol. The standard InChI is InChI=1S/C17H27N3O4/c1-11(2)9-14(21)12-5-7-20(8-6-12)16(23)13-10-15(22)19(4)17(24)18(13)3/h10-12,14,21H,5-9H2,1-4H3/t14-/m0/s1. The van der Waals surface area contributed by atoms with Crippen molar-refractivity contribution in [3.63, 3.8) is 0 Å². The first-order valence-corrected chi connectivity index (χ1v) is 8.46. The van der Waals surface area contributed by atoms with Gasteiger partial charge in [0.1, 0.15) is 5.69 Å². The quantitative estimate of drug-likeness (QED) is 0.859. The molecule has 2 rings (SSSR count). The van der Waals surface area contributed by atoms with Gasteiger partial charge in [0.05, 0.1) is 6.10 Å². The summed E-state index contributed by atoms with van der Waals surface area (Å²) >= 11 is 0. The molecule has 2 heterocycles. The van der Waals surface area contributed by atoms with E-state index >= 15 is 0 Å². The zero-order chi connectivity index (χ0) is 18.0. The Balaban J connectivity index is 2.09. The van der Waals surface area contributed by atoms with Crippen molar-refractivity contribution in [2.45, 2.75) is 39.2 Å². The second-order valence-corrected chi connectivity index (χ2v) is 7.09. The highest BCUT2D eigenvalue weighted by atomic mass is 16.3. The molecular weight excluding hydrogens is 310 g/mol. The Morgan fingerprint density at radius 1 is 1.21 bits per heavy atom. The van der Waals surface area contributed by atoms with E-state index in [0.29, 0.717) is 19.0 Å². The van der Waals surface area contributed by atoms with Crippen molar-refractivity contribution in [3.8, 4) is 0 Å². The maximum absolute atomic E-state index is 12.6. The minimum Gasteiger partial charge on any atom is -0.393 e. The largest absolute Gasteiger partial charge is 0.393 e. The van der Waals surface area contributed by atoms with Crippen molar-refractivity contribution in [3.05, 3.63) is 32.6 Å². The Morgan fingerprint density at radius 2 is 1.79 bits per heavy atom. The second-order valence-electron chi connectivity index (χ2n) is 7.09. The number of carbonyl (C=O) groups is 1. The molecule has 1 aromatic rings. The third-order valence-electron chi connectivity index (χ3n) is 4.83. The molecule has 7 heteroatoms. The summed E-state index contributed by atoms with van der Waals surface area (Å²) in [6.45, 7) is 5.22. The zero-order valence-electron chi connectivity index (χ0n) is 14.9. The van der Waals surface area contributed by atoms with Crippen LogP contribution in [0.3, 0.4) is 0 Å². The van der Waals surface area contributed by atoms with Crippen molar-refractivity contribution in [1.29, 1.82) is 0 Å². The summed E-state index contributed by atoms with van der Waals surface area (Å²) in [4.78, 5) is 38.1. The number of aliphatic hydroxyl groups excluding tert-OH is 1. The average Bonchev–Trinajstić information content (AvgIpc) is 2.55. The lowest BCUT2D eigenvalue weighted by Crippen LogP contribution is -2.45. The SMILES string of the molecule is CC(C)C[C@H](O)C1CCN(C(=O)c2cc(=O)n(C)c(=O)n2C)CC1. The Hall–Kier alpha value is -1.89. The molecule has 7 nitrogen and oxygen atoms in total. The summed E-state index contributed by atoms with van der Waals surface area (Å²) in [5.74, 6) is 0.336. The number of hydrogen-bond acceptors (Lipinski definition) is 4. The number of amides is 1. The minimum absolute atomic E-state index is 0.115. The smallest absolute Gasteiger partial charge is 0.331 e. The van der Waals surface area contributed by atoms with Crippen molar-refractivity contribution in [2.24, 2.45) is 25.9 Å². The molecule has 24 heavy (non-hydrogen) atoms. The van der Waals surface area contributed by atoms with Gasteiger partial charge in [-0.3, -0.25) is 18.7 Å². The normalized spacial score (nSPS) is 17.3. The van der Waals surface area contributed by atoms with Crippen molar-refractivity contribution >= 4 is 5.91 Å². The molecule has 1 aliphatic heterocycles. The number of likely N-dealkylation sites (tertiary alicyclic amines) is 1. The fourth-order valence-corrected chi connectivity index (χ4v) is 3.26. The second kappa shape index (κ2) is 7.34. The molecule has 134 valence electrons. The number of nitrogens with zero attached hydrogens (tertiary/aromatic N) is 3. The van der Waals surface area contributed by atoms with E-state index in [4.69, 9.17) is 0 Å². The van der Waals surface area contributed by atoms with E-state index in [1.54, 1.807) is 4.90 Å². The molecule has 0 radical (unpaired) electrons. The lowest BCUT2D eigenvalue weighted by atomic mass is 9.87. The van der Waals surface area contributed by atoms with Gasteiger partial charge in [-0.2, -0.15) is 0 Å². The zero-order valence-corrected chi connectivity index (χ0v) is 14.9. The van der Waals surface area contributed by atoms with Crippen LogP contribution in [0.25, 0.3) is 0 Å². The van der Waals surface area contributed by atoms with Crippen LogP contribution >= 0.6 is 0 Å². The van der Waals surface area contributed by atoms with E-state index in [1.807, 2.05) is 0 Å². The van der Waals surface area contributed by atoms with Crippen molar-refractivity contribution in [1.82, 2.24) is 14.0 Å². The minimum atomic E-state index is -0.506. The Bertz CT molecular complexity index is 712. The van der Waals surface area contributed by atoms with Crippen LogP contribution < -0.4 is 11.2 Å². The molecule has 0 spiro atoms. The monoisotopic (exact) mass is 337 g/mol. The molecule has 1 N–H and O–H groups in total. The van der Waals surface area contributed by atoms with Gasteiger partial charge in [0, 0.05) is 33.3 Å². The first kappa shape index (κ1) is 18.4. The molecule has 1 aliphatic rings. The number of aliphatic hydroxyl groups is 1. The first-order chi connectivity index (χ1) is 11.2. The number of aromatic nitrogens is 2. The van der Waals surface area contributed by atoms with E-state index in [9.17, 15) is 19.5 Å². The van der Waals surface area contributed by atoms with E-state index in [0.717, 1.165) is 23.8 Å². The topological polar surface area (TPSA) is 84.5 Å². The summed E-state index contributed by atoms with van der Waals surface area (Å²) in [5.41, 5.74) is -0.874. The fourth-order valence-electron chi connectivity index (χ4n) is 3.26. The third-order valence-corrected chi connectivity index (χ3v) is 4.83. The Morgan fingerprint density at radius 3 is 2.33 bits per heavy atom. The molecule has 1 saturated heterocycles. The summed E-state index contributed by atoms with van der Waals surface area (Å²) < 4.78 is 2.19. The van der Waals surface area contributed by atoms with Gasteiger partial charge in [-0.1, -0.05) is 13.8 Å². The number of hydrogen-bond donors (Lipinski definition) is 1. The molecule has 1 atom stereocenters. The number of carbonyl (C=O) groups excluding carboxylic acids is 1. The van der Waals surface area contributed by atoms with Gasteiger partial charge in [0.2, 0.25) is 0 Å². The summed E-state index contributed by atoms with van der Waals surface area (Å²) in [7, 11) is 2.88. The first-order valence-electron chi connectivity index (χ1n) is 8.46. The van der Waals surface area contributed by atoms with Crippen LogP contribution in [0.15, 0.2) is 15.7 Å². The van der Waals surface area contributed by atoms with Crippen LogP contribution in [-0.4, -0.2) is 44.2 Å². The maximum Gasteiger partial charge on any atom is 0.331 e. The maximum atomic E-state index is 12.6. The van der Waals surface area contributed by atoms with Crippen LogP contribution in [0.5, 0.6) is 0 Å². The van der Waals surface area contributed by atoms with Crippen LogP contribution in [0.1, 0.15) is 43.6 Å². The van der Waals surface area contributed by atoms with Gasteiger partial charge < -0.3 is 10.0 Å². The van der Waals surface area contributed by atoms with Crippen LogP contribution in [-0.2, 0) is 14.1 Å². The molecule has 1 aromatic heterocycles. The lowest BCUT2D eigenvalue weighted by molar-refractivity contribution is 0.0379. The van der Waals surface area contributed by atoms with Crippen LogP contribution in [0, 0.1) is 11.8 Å². The van der Waals surface area contributed by atoms with Gasteiger partial charge in [0.15, 0.2) is 0 Å². The summed E-state index contributed by atoms with van der Waals surface area (Å²) in [5, 5.41) is 10.2. The van der Waals surface area contributed by atoms with Gasteiger partial charge in [0.25, 0.3) is 11.5 Å². The highest BCUT2D eigenvalue weighted by Crippen LogP contribution is 2.25. The highest BCUT2D eigenvalue weighted by molar-refractivity contribution is 5.92. The van der Waals surface area contributed by atoms with E-state index in [2.05, 4.69) is 13.8 Å². The fraction of sp³-hybridized carbons (Fsp3) is 0.706. The van der Waals surface area contributed by atoms with Gasteiger partial charge in [-0.05, 0) is 31.1 Å². The number of rotatable bonds is 4. The van der Waals surface area contributed by atoms with Gasteiger partial charge in [-0.15, -0.1) is 0 Å². The molecule has 0 aliphatic carbocycles. The van der Waals surface area contributed by atoms with Crippen molar-refractivity contribution < 1.29 is 9.90 Å². The van der Waals surface area contributed by atoms with Crippen LogP contribution in [0.4, 0.5) is 0 Å². The van der Waals surface area contributed by atoms with Crippen LogP contribution in [0.2, 0.25) is 0 Å². The summed E-state index contributed by atoms with van der Waals surface area (Å²) in [6.07, 6.45) is 1.90. The van der Waals surface area contributed by atoms with Gasteiger partial charge >= 0.3 is 5.69 Å². The lowest BCUT2D eigenvalue weighted by Gasteiger charge is -2.35. The van der Waals surface area contributed by atoms with E-state index in [-0.39, 0.29) is 23.6 Å². The molecule has 1 amide bonds. The molecule has 0 saturated carbocycles. The Labute approximate surface area is 141 Å². The van der Waals surface area contributed by atoms with E-state index < -0.39 is 11.2 Å². The molecular formula is C17H27N3O4. The molecule has 0 aromatic carbocycles. The van der Waals surface area contributed by atoms with Crippen molar-refractivity contribution in [2.75, 3.05) is 13.1 Å². The Kier molecular flexibility index (Phi) is 5.64. The molecule has 0 unspecified atom stereocenters. The number of piperidine rings is 1.